The Hall–Kier alpha value is -1.38. The van der Waals surface area contributed by atoms with Gasteiger partial charge in [0.15, 0.2) is 0 Å². The van der Waals surface area contributed by atoms with Gasteiger partial charge in [-0.1, -0.05) is 45.4 Å². The third-order valence-electron chi connectivity index (χ3n) is 3.24. The molecule has 0 atom stereocenters. The van der Waals surface area contributed by atoms with Crippen molar-refractivity contribution in [2.24, 2.45) is 0 Å². The van der Waals surface area contributed by atoms with Crippen molar-refractivity contribution >= 4 is 5.91 Å². The maximum Gasteiger partial charge on any atom is 0.252 e. The summed E-state index contributed by atoms with van der Waals surface area (Å²) >= 11 is 0. The highest BCUT2D eigenvalue weighted by Crippen LogP contribution is 2.06. The molecule has 0 aliphatic heterocycles. The average molecular weight is 262 g/mol. The second kappa shape index (κ2) is 9.54. The minimum absolute atomic E-state index is 0.0153. The zero-order chi connectivity index (χ0) is 13.9. The number of hydrogen-bond acceptors (Lipinski definition) is 2. The van der Waals surface area contributed by atoms with Crippen LogP contribution in [-0.2, 0) is 0 Å². The van der Waals surface area contributed by atoms with Gasteiger partial charge in [-0.05, 0) is 25.5 Å². The van der Waals surface area contributed by atoms with Crippen molar-refractivity contribution in [2.45, 2.75) is 58.8 Å². The smallest absolute Gasteiger partial charge is 0.252 e. The van der Waals surface area contributed by atoms with Gasteiger partial charge >= 0.3 is 0 Å². The van der Waals surface area contributed by atoms with Crippen molar-refractivity contribution in [2.75, 3.05) is 6.54 Å². The molecule has 1 N–H and O–H groups in total. The van der Waals surface area contributed by atoms with Crippen LogP contribution < -0.4 is 5.32 Å². The zero-order valence-electron chi connectivity index (χ0n) is 12.2. The van der Waals surface area contributed by atoms with Crippen molar-refractivity contribution in [3.8, 4) is 0 Å². The van der Waals surface area contributed by atoms with Crippen molar-refractivity contribution in [3.63, 3.8) is 0 Å². The summed E-state index contributed by atoms with van der Waals surface area (Å²) in [5, 5.41) is 2.94. The van der Waals surface area contributed by atoms with E-state index in [0.29, 0.717) is 5.56 Å². The number of pyridine rings is 1. The lowest BCUT2D eigenvalue weighted by Gasteiger charge is -2.05. The molecule has 106 valence electrons. The van der Waals surface area contributed by atoms with Crippen LogP contribution in [0.3, 0.4) is 0 Å². The number of carbonyl (C=O) groups excluding carboxylic acids is 1. The van der Waals surface area contributed by atoms with Crippen molar-refractivity contribution in [1.29, 1.82) is 0 Å². The van der Waals surface area contributed by atoms with Crippen LogP contribution in [0.25, 0.3) is 0 Å². The Bertz CT molecular complexity index is 360. The van der Waals surface area contributed by atoms with Crippen LogP contribution in [0.5, 0.6) is 0 Å². The monoisotopic (exact) mass is 262 g/mol. The molecule has 1 aromatic rings. The fraction of sp³-hybridized carbons (Fsp3) is 0.625. The van der Waals surface area contributed by atoms with Gasteiger partial charge in [0.2, 0.25) is 0 Å². The first-order valence-corrected chi connectivity index (χ1v) is 7.45. The number of aromatic nitrogens is 1. The largest absolute Gasteiger partial charge is 0.352 e. The lowest BCUT2D eigenvalue weighted by atomic mass is 10.1. The van der Waals surface area contributed by atoms with Gasteiger partial charge in [-0.3, -0.25) is 9.78 Å². The van der Waals surface area contributed by atoms with Crippen molar-refractivity contribution in [3.05, 3.63) is 29.6 Å². The lowest BCUT2D eigenvalue weighted by Crippen LogP contribution is -2.24. The SMILES string of the molecule is CCCCCCCCCNC(=O)c1ccc(C)nc1. The summed E-state index contributed by atoms with van der Waals surface area (Å²) in [5.74, 6) is -0.0153. The zero-order valence-corrected chi connectivity index (χ0v) is 12.2. The van der Waals surface area contributed by atoms with Crippen LogP contribution >= 0.6 is 0 Å². The van der Waals surface area contributed by atoms with Gasteiger partial charge in [0.25, 0.3) is 5.91 Å². The van der Waals surface area contributed by atoms with E-state index in [1.165, 1.54) is 38.5 Å². The Morgan fingerprint density at radius 3 is 2.42 bits per heavy atom. The van der Waals surface area contributed by atoms with Crippen molar-refractivity contribution in [1.82, 2.24) is 10.3 Å². The molecule has 1 amide bonds. The highest BCUT2D eigenvalue weighted by molar-refractivity contribution is 5.93. The van der Waals surface area contributed by atoms with E-state index in [4.69, 9.17) is 0 Å². The number of amides is 1. The maximum absolute atomic E-state index is 11.8. The van der Waals surface area contributed by atoms with Gasteiger partial charge in [-0.15, -0.1) is 0 Å². The Labute approximate surface area is 116 Å². The molecular weight excluding hydrogens is 236 g/mol. The fourth-order valence-electron chi connectivity index (χ4n) is 1.99. The summed E-state index contributed by atoms with van der Waals surface area (Å²) in [7, 11) is 0. The fourth-order valence-corrected chi connectivity index (χ4v) is 1.99. The quantitative estimate of drug-likeness (QED) is 0.686. The molecule has 1 heterocycles. The molecule has 0 saturated heterocycles. The summed E-state index contributed by atoms with van der Waals surface area (Å²) in [4.78, 5) is 15.9. The topological polar surface area (TPSA) is 42.0 Å². The average Bonchev–Trinajstić information content (AvgIpc) is 2.42. The molecule has 0 spiro atoms. The molecular formula is C16H26N2O. The van der Waals surface area contributed by atoms with E-state index >= 15 is 0 Å². The van der Waals surface area contributed by atoms with E-state index in [0.717, 1.165) is 18.7 Å². The van der Waals surface area contributed by atoms with Crippen LogP contribution in [0.1, 0.15) is 67.9 Å². The van der Waals surface area contributed by atoms with E-state index in [-0.39, 0.29) is 5.91 Å². The molecule has 1 rings (SSSR count). The number of aryl methyl sites for hydroxylation is 1. The maximum atomic E-state index is 11.8. The highest BCUT2D eigenvalue weighted by Gasteiger charge is 2.04. The molecule has 0 unspecified atom stereocenters. The molecule has 3 heteroatoms. The number of nitrogens with one attached hydrogen (secondary N) is 1. The minimum atomic E-state index is -0.0153. The first-order valence-electron chi connectivity index (χ1n) is 7.45. The number of rotatable bonds is 9. The van der Waals surface area contributed by atoms with Gasteiger partial charge in [-0.2, -0.15) is 0 Å². The normalized spacial score (nSPS) is 10.4. The lowest BCUT2D eigenvalue weighted by molar-refractivity contribution is 0.0952. The van der Waals surface area contributed by atoms with E-state index in [9.17, 15) is 4.79 Å². The number of nitrogens with zero attached hydrogens (tertiary/aromatic N) is 1. The second-order valence-electron chi connectivity index (χ2n) is 5.07. The van der Waals surface area contributed by atoms with Crippen LogP contribution in [0.2, 0.25) is 0 Å². The number of hydrogen-bond donors (Lipinski definition) is 1. The van der Waals surface area contributed by atoms with E-state index in [2.05, 4.69) is 17.2 Å². The third-order valence-corrected chi connectivity index (χ3v) is 3.24. The number of unbranched alkanes of at least 4 members (excludes halogenated alkanes) is 6. The summed E-state index contributed by atoms with van der Waals surface area (Å²) < 4.78 is 0. The standard InChI is InChI=1S/C16H26N2O/c1-3-4-5-6-7-8-9-12-17-16(19)15-11-10-14(2)18-13-15/h10-11,13H,3-9,12H2,1-2H3,(H,17,19). The van der Waals surface area contributed by atoms with E-state index in [1.54, 1.807) is 6.20 Å². The second-order valence-corrected chi connectivity index (χ2v) is 5.07. The van der Waals surface area contributed by atoms with Gasteiger partial charge < -0.3 is 5.32 Å². The van der Waals surface area contributed by atoms with Gasteiger partial charge in [0.1, 0.15) is 0 Å². The van der Waals surface area contributed by atoms with Gasteiger partial charge in [0, 0.05) is 18.4 Å². The summed E-state index contributed by atoms with van der Waals surface area (Å²) in [6.45, 7) is 4.91. The molecule has 0 saturated carbocycles. The molecule has 1 aromatic heterocycles. The summed E-state index contributed by atoms with van der Waals surface area (Å²) in [5.41, 5.74) is 1.58. The molecule has 3 nitrogen and oxygen atoms in total. The van der Waals surface area contributed by atoms with E-state index in [1.807, 2.05) is 19.1 Å². The summed E-state index contributed by atoms with van der Waals surface area (Å²) in [6.07, 6.45) is 10.5. The Morgan fingerprint density at radius 2 is 1.79 bits per heavy atom. The molecule has 0 fully saturated rings. The predicted molar refractivity (Wildman–Crippen MR) is 79.3 cm³/mol. The summed E-state index contributed by atoms with van der Waals surface area (Å²) in [6, 6.07) is 3.69. The molecule has 0 radical (unpaired) electrons. The van der Waals surface area contributed by atoms with Crippen LogP contribution in [-0.4, -0.2) is 17.4 Å². The van der Waals surface area contributed by atoms with E-state index < -0.39 is 0 Å². The molecule has 0 aromatic carbocycles. The Morgan fingerprint density at radius 1 is 1.11 bits per heavy atom. The molecule has 0 aliphatic carbocycles. The highest BCUT2D eigenvalue weighted by atomic mass is 16.1. The van der Waals surface area contributed by atoms with Crippen molar-refractivity contribution < 1.29 is 4.79 Å². The third kappa shape index (κ3) is 6.94. The molecule has 0 bridgehead atoms. The molecule has 0 aliphatic rings. The van der Waals surface area contributed by atoms with Crippen LogP contribution in [0.4, 0.5) is 0 Å². The minimum Gasteiger partial charge on any atom is -0.352 e. The number of carbonyl (C=O) groups is 1. The van der Waals surface area contributed by atoms with Gasteiger partial charge in [-0.25, -0.2) is 0 Å². The first kappa shape index (κ1) is 15.7. The molecule has 19 heavy (non-hydrogen) atoms. The predicted octanol–water partition coefficient (Wildman–Crippen LogP) is 3.87. The van der Waals surface area contributed by atoms with Crippen LogP contribution in [0, 0.1) is 6.92 Å². The Balaban J connectivity index is 2.06. The van der Waals surface area contributed by atoms with Crippen LogP contribution in [0.15, 0.2) is 18.3 Å². The van der Waals surface area contributed by atoms with Gasteiger partial charge in [0.05, 0.1) is 5.56 Å². The first-order chi connectivity index (χ1) is 9.24. The Kier molecular flexibility index (Phi) is 7.87.